The van der Waals surface area contributed by atoms with Crippen molar-refractivity contribution in [3.8, 4) is 0 Å². The third-order valence-electron chi connectivity index (χ3n) is 2.56. The first kappa shape index (κ1) is 14.0. The standard InChI is InChI=1S/C12H14BrN5S/c1-18-7-16-11(17-18)4-5-15-10-6-8(13)2-3-9(10)12(14)19/h2-3,6-7,15H,4-5H2,1H3,(H2,14,19). The first-order valence-electron chi connectivity index (χ1n) is 5.74. The van der Waals surface area contributed by atoms with Crippen LogP contribution in [-0.2, 0) is 13.5 Å². The summed E-state index contributed by atoms with van der Waals surface area (Å²) < 4.78 is 2.67. The van der Waals surface area contributed by atoms with Crippen molar-refractivity contribution in [3.05, 3.63) is 40.4 Å². The Labute approximate surface area is 125 Å². The highest BCUT2D eigenvalue weighted by atomic mass is 79.9. The fourth-order valence-corrected chi connectivity index (χ4v) is 2.22. The van der Waals surface area contributed by atoms with Gasteiger partial charge in [-0.2, -0.15) is 5.10 Å². The van der Waals surface area contributed by atoms with E-state index in [9.17, 15) is 0 Å². The molecule has 0 bridgehead atoms. The number of hydrogen-bond acceptors (Lipinski definition) is 4. The van der Waals surface area contributed by atoms with Crippen molar-refractivity contribution in [1.29, 1.82) is 0 Å². The van der Waals surface area contributed by atoms with Crippen LogP contribution >= 0.6 is 28.1 Å². The van der Waals surface area contributed by atoms with Crippen LogP contribution in [0.2, 0.25) is 0 Å². The molecule has 0 aliphatic rings. The van der Waals surface area contributed by atoms with E-state index in [0.717, 1.165) is 34.5 Å². The number of aromatic nitrogens is 3. The van der Waals surface area contributed by atoms with Crippen molar-refractivity contribution in [2.24, 2.45) is 12.8 Å². The number of anilines is 1. The van der Waals surface area contributed by atoms with Crippen molar-refractivity contribution in [1.82, 2.24) is 14.8 Å². The van der Waals surface area contributed by atoms with Crippen LogP contribution in [0.15, 0.2) is 29.0 Å². The zero-order chi connectivity index (χ0) is 13.8. The van der Waals surface area contributed by atoms with Crippen LogP contribution in [0.25, 0.3) is 0 Å². The van der Waals surface area contributed by atoms with Crippen molar-refractivity contribution < 1.29 is 0 Å². The summed E-state index contributed by atoms with van der Waals surface area (Å²) in [4.78, 5) is 4.55. The lowest BCUT2D eigenvalue weighted by atomic mass is 10.1. The zero-order valence-corrected chi connectivity index (χ0v) is 12.8. The molecule has 0 radical (unpaired) electrons. The predicted octanol–water partition coefficient (Wildman–Crippen LogP) is 1.87. The molecule has 0 atom stereocenters. The van der Waals surface area contributed by atoms with E-state index in [1.54, 1.807) is 11.0 Å². The maximum atomic E-state index is 5.70. The Hall–Kier alpha value is -1.47. The van der Waals surface area contributed by atoms with Crippen LogP contribution in [-0.4, -0.2) is 26.3 Å². The van der Waals surface area contributed by atoms with Gasteiger partial charge in [-0.3, -0.25) is 4.68 Å². The second-order valence-electron chi connectivity index (χ2n) is 4.07. The van der Waals surface area contributed by atoms with Crippen LogP contribution in [0.1, 0.15) is 11.4 Å². The van der Waals surface area contributed by atoms with Gasteiger partial charge in [0.15, 0.2) is 5.82 Å². The highest BCUT2D eigenvalue weighted by molar-refractivity contribution is 9.10. The number of nitrogens with one attached hydrogen (secondary N) is 1. The number of nitrogens with two attached hydrogens (primary N) is 1. The molecule has 0 fully saturated rings. The molecule has 0 aliphatic carbocycles. The molecule has 19 heavy (non-hydrogen) atoms. The zero-order valence-electron chi connectivity index (χ0n) is 10.4. The number of halogens is 1. The Morgan fingerprint density at radius 2 is 2.32 bits per heavy atom. The molecule has 0 aliphatic heterocycles. The number of thiocarbonyl (C=S) groups is 1. The van der Waals surface area contributed by atoms with E-state index < -0.39 is 0 Å². The normalized spacial score (nSPS) is 10.4. The number of hydrogen-bond donors (Lipinski definition) is 2. The fourth-order valence-electron chi connectivity index (χ4n) is 1.69. The lowest BCUT2D eigenvalue weighted by Gasteiger charge is -2.11. The molecule has 1 aromatic heterocycles. The van der Waals surface area contributed by atoms with E-state index in [0.29, 0.717) is 4.99 Å². The average molecular weight is 340 g/mol. The summed E-state index contributed by atoms with van der Waals surface area (Å²) in [7, 11) is 1.85. The van der Waals surface area contributed by atoms with Gasteiger partial charge >= 0.3 is 0 Å². The Bertz CT molecular complexity index is 596. The van der Waals surface area contributed by atoms with Gasteiger partial charge in [-0.1, -0.05) is 28.1 Å². The van der Waals surface area contributed by atoms with Crippen molar-refractivity contribution in [2.45, 2.75) is 6.42 Å². The number of nitrogens with zero attached hydrogens (tertiary/aromatic N) is 3. The van der Waals surface area contributed by atoms with Gasteiger partial charge in [-0.05, 0) is 18.2 Å². The molecule has 2 aromatic rings. The first-order valence-corrected chi connectivity index (χ1v) is 6.94. The van der Waals surface area contributed by atoms with Crippen LogP contribution in [0.5, 0.6) is 0 Å². The van der Waals surface area contributed by atoms with Gasteiger partial charge in [0.1, 0.15) is 11.3 Å². The highest BCUT2D eigenvalue weighted by Gasteiger charge is 2.06. The number of aryl methyl sites for hydroxylation is 1. The number of benzene rings is 1. The minimum Gasteiger partial charge on any atom is -0.389 e. The Morgan fingerprint density at radius 1 is 1.53 bits per heavy atom. The molecule has 1 aromatic carbocycles. The van der Waals surface area contributed by atoms with Gasteiger partial charge in [0.2, 0.25) is 0 Å². The van der Waals surface area contributed by atoms with Crippen LogP contribution in [0, 0.1) is 0 Å². The van der Waals surface area contributed by atoms with Crippen molar-refractivity contribution in [3.63, 3.8) is 0 Å². The summed E-state index contributed by atoms with van der Waals surface area (Å²) in [6.45, 7) is 0.718. The van der Waals surface area contributed by atoms with E-state index in [-0.39, 0.29) is 0 Å². The van der Waals surface area contributed by atoms with Gasteiger partial charge in [-0.15, -0.1) is 0 Å². The lowest BCUT2D eigenvalue weighted by Crippen LogP contribution is -2.14. The topological polar surface area (TPSA) is 68.8 Å². The second-order valence-corrected chi connectivity index (χ2v) is 5.42. The minimum atomic E-state index is 0.381. The van der Waals surface area contributed by atoms with Gasteiger partial charge in [0.25, 0.3) is 0 Å². The molecule has 5 nitrogen and oxygen atoms in total. The molecule has 0 unspecified atom stereocenters. The third-order valence-corrected chi connectivity index (χ3v) is 3.27. The SMILES string of the molecule is Cn1cnc(CCNc2cc(Br)ccc2C(N)=S)n1. The van der Waals surface area contributed by atoms with E-state index >= 15 is 0 Å². The summed E-state index contributed by atoms with van der Waals surface area (Å²) in [5, 5.41) is 7.53. The van der Waals surface area contributed by atoms with Crippen molar-refractivity contribution in [2.75, 3.05) is 11.9 Å². The van der Waals surface area contributed by atoms with Gasteiger partial charge in [-0.25, -0.2) is 4.98 Å². The Morgan fingerprint density at radius 3 is 2.95 bits per heavy atom. The molecule has 100 valence electrons. The molecule has 1 heterocycles. The molecule has 0 saturated carbocycles. The maximum absolute atomic E-state index is 5.70. The van der Waals surface area contributed by atoms with E-state index in [4.69, 9.17) is 18.0 Å². The van der Waals surface area contributed by atoms with Crippen LogP contribution in [0.4, 0.5) is 5.69 Å². The van der Waals surface area contributed by atoms with E-state index in [2.05, 4.69) is 31.3 Å². The molecule has 3 N–H and O–H groups in total. The highest BCUT2D eigenvalue weighted by Crippen LogP contribution is 2.21. The predicted molar refractivity (Wildman–Crippen MR) is 83.2 cm³/mol. The Balaban J connectivity index is 2.02. The quantitative estimate of drug-likeness (QED) is 0.814. The monoisotopic (exact) mass is 339 g/mol. The van der Waals surface area contributed by atoms with Crippen molar-refractivity contribution >= 4 is 38.8 Å². The smallest absolute Gasteiger partial charge is 0.152 e. The molecular formula is C12H14BrN5S. The fraction of sp³-hybridized carbons (Fsp3) is 0.250. The summed E-state index contributed by atoms with van der Waals surface area (Å²) in [5.74, 6) is 0.807. The summed E-state index contributed by atoms with van der Waals surface area (Å²) in [5.41, 5.74) is 7.45. The molecule has 7 heteroatoms. The third kappa shape index (κ3) is 3.74. The molecule has 0 amide bonds. The summed E-state index contributed by atoms with van der Waals surface area (Å²) in [6.07, 6.45) is 2.43. The molecular weight excluding hydrogens is 326 g/mol. The Kier molecular flexibility index (Phi) is 4.49. The summed E-state index contributed by atoms with van der Waals surface area (Å²) in [6, 6.07) is 5.77. The van der Waals surface area contributed by atoms with Gasteiger partial charge in [0, 0.05) is 35.7 Å². The second kappa shape index (κ2) is 6.12. The molecule has 0 saturated heterocycles. The largest absolute Gasteiger partial charge is 0.389 e. The first-order chi connectivity index (χ1) is 9.06. The van der Waals surface area contributed by atoms with E-state index in [1.807, 2.05) is 25.2 Å². The molecule has 2 rings (SSSR count). The summed E-state index contributed by atoms with van der Waals surface area (Å²) >= 11 is 8.47. The number of rotatable bonds is 5. The van der Waals surface area contributed by atoms with Crippen LogP contribution in [0.3, 0.4) is 0 Å². The average Bonchev–Trinajstić information content (AvgIpc) is 2.75. The maximum Gasteiger partial charge on any atom is 0.152 e. The minimum absolute atomic E-state index is 0.381. The van der Waals surface area contributed by atoms with Gasteiger partial charge < -0.3 is 11.1 Å². The van der Waals surface area contributed by atoms with Gasteiger partial charge in [0.05, 0.1) is 0 Å². The van der Waals surface area contributed by atoms with Crippen LogP contribution < -0.4 is 11.1 Å². The van der Waals surface area contributed by atoms with E-state index in [1.165, 1.54) is 0 Å². The molecule has 0 spiro atoms. The lowest BCUT2D eigenvalue weighted by molar-refractivity contribution is 0.742.